The van der Waals surface area contributed by atoms with E-state index in [2.05, 4.69) is 20.8 Å². The van der Waals surface area contributed by atoms with Crippen LogP contribution in [0.15, 0.2) is 0 Å². The molecule has 1 saturated carbocycles. The number of hydrogen-bond acceptors (Lipinski definition) is 1. The molecule has 1 aliphatic rings. The zero-order valence-corrected chi connectivity index (χ0v) is 10.8. The lowest BCUT2D eigenvalue weighted by Crippen LogP contribution is -2.39. The summed E-state index contributed by atoms with van der Waals surface area (Å²) in [7, 11) is 0. The standard InChI is InChI=1S/C14H29N/c1-11(2)7-5-4-6-8-13-9-10-14(13)12(3)15/h11-14H,4-10,15H2,1-3H3. The van der Waals surface area contributed by atoms with Crippen LogP contribution in [0.3, 0.4) is 0 Å². The second kappa shape index (κ2) is 6.52. The Kier molecular flexibility index (Phi) is 5.66. The lowest BCUT2D eigenvalue weighted by atomic mass is 9.68. The third kappa shape index (κ3) is 4.55. The Balaban J connectivity index is 1.96. The lowest BCUT2D eigenvalue weighted by Gasteiger charge is -2.39. The zero-order chi connectivity index (χ0) is 11.3. The summed E-state index contributed by atoms with van der Waals surface area (Å²) in [6.45, 7) is 6.81. The molecule has 0 amide bonds. The van der Waals surface area contributed by atoms with Gasteiger partial charge in [-0.2, -0.15) is 0 Å². The summed E-state index contributed by atoms with van der Waals surface area (Å²) >= 11 is 0. The smallest absolute Gasteiger partial charge is 0.00414 e. The molecule has 1 rings (SSSR count). The quantitative estimate of drug-likeness (QED) is 0.634. The van der Waals surface area contributed by atoms with Gasteiger partial charge in [-0.15, -0.1) is 0 Å². The van der Waals surface area contributed by atoms with Gasteiger partial charge >= 0.3 is 0 Å². The van der Waals surface area contributed by atoms with E-state index in [-0.39, 0.29) is 0 Å². The van der Waals surface area contributed by atoms with E-state index in [1.807, 2.05) is 0 Å². The molecule has 0 spiro atoms. The van der Waals surface area contributed by atoms with E-state index in [9.17, 15) is 0 Å². The first-order valence-corrected chi connectivity index (χ1v) is 6.87. The number of rotatable bonds is 7. The summed E-state index contributed by atoms with van der Waals surface area (Å²) in [5.74, 6) is 2.68. The first kappa shape index (κ1) is 13.0. The van der Waals surface area contributed by atoms with Gasteiger partial charge in [0.05, 0.1) is 0 Å². The number of nitrogens with two attached hydrogens (primary N) is 1. The lowest BCUT2D eigenvalue weighted by molar-refractivity contribution is 0.135. The van der Waals surface area contributed by atoms with Crippen LogP contribution >= 0.6 is 0 Å². The van der Waals surface area contributed by atoms with Crippen LogP contribution in [0, 0.1) is 17.8 Å². The molecule has 1 aliphatic carbocycles. The molecule has 0 aliphatic heterocycles. The van der Waals surface area contributed by atoms with Crippen molar-refractivity contribution in [1.29, 1.82) is 0 Å². The molecule has 0 saturated heterocycles. The van der Waals surface area contributed by atoms with E-state index in [0.29, 0.717) is 6.04 Å². The van der Waals surface area contributed by atoms with Crippen molar-refractivity contribution in [2.24, 2.45) is 23.5 Å². The molecule has 0 aromatic heterocycles. The van der Waals surface area contributed by atoms with Crippen LogP contribution < -0.4 is 5.73 Å². The highest BCUT2D eigenvalue weighted by Gasteiger charge is 2.32. The highest BCUT2D eigenvalue weighted by Crippen LogP contribution is 2.39. The van der Waals surface area contributed by atoms with Gasteiger partial charge < -0.3 is 5.73 Å². The van der Waals surface area contributed by atoms with Crippen molar-refractivity contribution in [1.82, 2.24) is 0 Å². The second-order valence-electron chi connectivity index (χ2n) is 5.89. The van der Waals surface area contributed by atoms with E-state index in [1.54, 1.807) is 0 Å². The fourth-order valence-electron chi connectivity index (χ4n) is 2.78. The Morgan fingerprint density at radius 1 is 1.07 bits per heavy atom. The Morgan fingerprint density at radius 2 is 1.80 bits per heavy atom. The third-order valence-corrected chi connectivity index (χ3v) is 4.01. The summed E-state index contributed by atoms with van der Waals surface area (Å²) in [6, 6.07) is 0.430. The van der Waals surface area contributed by atoms with Gasteiger partial charge in [-0.25, -0.2) is 0 Å². The van der Waals surface area contributed by atoms with Crippen LogP contribution in [0.1, 0.15) is 65.7 Å². The SMILES string of the molecule is CC(C)CCCCCC1CCC1C(C)N. The minimum atomic E-state index is 0.430. The van der Waals surface area contributed by atoms with E-state index >= 15 is 0 Å². The number of hydrogen-bond donors (Lipinski definition) is 1. The van der Waals surface area contributed by atoms with E-state index in [1.165, 1.54) is 44.9 Å². The average Bonchev–Trinajstić information content (AvgIpc) is 2.07. The normalized spacial score (nSPS) is 27.8. The van der Waals surface area contributed by atoms with Crippen LogP contribution in [0.25, 0.3) is 0 Å². The van der Waals surface area contributed by atoms with Gasteiger partial charge in [-0.1, -0.05) is 46.0 Å². The molecule has 1 fully saturated rings. The summed E-state index contributed by atoms with van der Waals surface area (Å²) in [6.07, 6.45) is 9.95. The minimum absolute atomic E-state index is 0.430. The van der Waals surface area contributed by atoms with Crippen molar-refractivity contribution in [2.75, 3.05) is 0 Å². The predicted molar refractivity (Wildman–Crippen MR) is 67.8 cm³/mol. The van der Waals surface area contributed by atoms with Gasteiger partial charge in [-0.3, -0.25) is 0 Å². The Hall–Kier alpha value is -0.0400. The first-order valence-electron chi connectivity index (χ1n) is 6.87. The topological polar surface area (TPSA) is 26.0 Å². The Morgan fingerprint density at radius 3 is 2.27 bits per heavy atom. The average molecular weight is 211 g/mol. The largest absolute Gasteiger partial charge is 0.328 e. The van der Waals surface area contributed by atoms with Crippen LogP contribution in [-0.2, 0) is 0 Å². The van der Waals surface area contributed by atoms with Crippen molar-refractivity contribution >= 4 is 0 Å². The van der Waals surface area contributed by atoms with Gasteiger partial charge in [0, 0.05) is 6.04 Å². The molecule has 0 aromatic rings. The predicted octanol–water partition coefficient (Wildman–Crippen LogP) is 3.97. The molecule has 0 bridgehead atoms. The maximum atomic E-state index is 5.96. The highest BCUT2D eigenvalue weighted by molar-refractivity contribution is 4.85. The van der Waals surface area contributed by atoms with Crippen molar-refractivity contribution in [2.45, 2.75) is 71.8 Å². The molecule has 3 unspecified atom stereocenters. The monoisotopic (exact) mass is 211 g/mol. The molecular weight excluding hydrogens is 182 g/mol. The summed E-state index contributed by atoms with van der Waals surface area (Å²) in [5.41, 5.74) is 5.96. The zero-order valence-electron chi connectivity index (χ0n) is 10.8. The van der Waals surface area contributed by atoms with E-state index < -0.39 is 0 Å². The molecule has 0 aromatic carbocycles. The second-order valence-corrected chi connectivity index (χ2v) is 5.89. The molecule has 15 heavy (non-hydrogen) atoms. The molecule has 3 atom stereocenters. The van der Waals surface area contributed by atoms with Gasteiger partial charge in [-0.05, 0) is 37.5 Å². The summed E-state index contributed by atoms with van der Waals surface area (Å²) < 4.78 is 0. The van der Waals surface area contributed by atoms with Gasteiger partial charge in [0.15, 0.2) is 0 Å². The van der Waals surface area contributed by atoms with Gasteiger partial charge in [0.2, 0.25) is 0 Å². The molecule has 1 heteroatoms. The molecule has 1 nitrogen and oxygen atoms in total. The molecule has 2 N–H and O–H groups in total. The van der Waals surface area contributed by atoms with Crippen molar-refractivity contribution < 1.29 is 0 Å². The Bertz CT molecular complexity index is 163. The Labute approximate surface area is 95.8 Å². The summed E-state index contributed by atoms with van der Waals surface area (Å²) in [5, 5.41) is 0. The van der Waals surface area contributed by atoms with Crippen LogP contribution in [0.2, 0.25) is 0 Å². The highest BCUT2D eigenvalue weighted by atomic mass is 14.7. The number of unbranched alkanes of at least 4 members (excludes halogenated alkanes) is 2. The maximum absolute atomic E-state index is 5.96. The fourth-order valence-corrected chi connectivity index (χ4v) is 2.78. The van der Waals surface area contributed by atoms with Crippen LogP contribution in [0.4, 0.5) is 0 Å². The minimum Gasteiger partial charge on any atom is -0.328 e. The van der Waals surface area contributed by atoms with Crippen molar-refractivity contribution in [3.63, 3.8) is 0 Å². The van der Waals surface area contributed by atoms with E-state index in [4.69, 9.17) is 5.73 Å². The van der Waals surface area contributed by atoms with Crippen molar-refractivity contribution in [3.05, 3.63) is 0 Å². The van der Waals surface area contributed by atoms with Gasteiger partial charge in [0.25, 0.3) is 0 Å². The van der Waals surface area contributed by atoms with Crippen LogP contribution in [0.5, 0.6) is 0 Å². The van der Waals surface area contributed by atoms with Crippen molar-refractivity contribution in [3.8, 4) is 0 Å². The van der Waals surface area contributed by atoms with Crippen LogP contribution in [-0.4, -0.2) is 6.04 Å². The van der Waals surface area contributed by atoms with Gasteiger partial charge in [0.1, 0.15) is 0 Å². The van der Waals surface area contributed by atoms with E-state index in [0.717, 1.165) is 17.8 Å². The molecule has 0 heterocycles. The molecule has 90 valence electrons. The maximum Gasteiger partial charge on any atom is 0.00414 e. The first-order chi connectivity index (χ1) is 7.11. The third-order valence-electron chi connectivity index (χ3n) is 4.01. The molecular formula is C14H29N. The fraction of sp³-hybridized carbons (Fsp3) is 1.00. The summed E-state index contributed by atoms with van der Waals surface area (Å²) in [4.78, 5) is 0. The molecule has 0 radical (unpaired) electrons.